The normalized spacial score (nSPS) is 12.2. The largest absolute Gasteiger partial charge is 0.485 e. The number of hydrogen-bond donors (Lipinski definition) is 1. The van der Waals surface area contributed by atoms with Crippen molar-refractivity contribution in [2.75, 3.05) is 6.54 Å². The Morgan fingerprint density at radius 1 is 0.950 bits per heavy atom. The van der Waals surface area contributed by atoms with Crippen molar-refractivity contribution >= 4 is 0 Å². The molecule has 20 heavy (non-hydrogen) atoms. The molecule has 0 fully saturated rings. The molecule has 0 spiro atoms. The number of benzene rings is 2. The number of rotatable bonds is 5. The van der Waals surface area contributed by atoms with Gasteiger partial charge in [-0.15, -0.1) is 0 Å². The molecule has 0 aliphatic carbocycles. The van der Waals surface area contributed by atoms with Crippen molar-refractivity contribution in [1.82, 2.24) is 0 Å². The third-order valence-corrected chi connectivity index (χ3v) is 3.73. The van der Waals surface area contributed by atoms with Crippen molar-refractivity contribution in [3.63, 3.8) is 0 Å². The summed E-state index contributed by atoms with van der Waals surface area (Å²) >= 11 is 0. The van der Waals surface area contributed by atoms with Crippen LogP contribution < -0.4 is 10.5 Å². The van der Waals surface area contributed by atoms with Gasteiger partial charge in [-0.2, -0.15) is 0 Å². The molecule has 0 heterocycles. The maximum Gasteiger partial charge on any atom is 0.126 e. The molecule has 0 saturated heterocycles. The van der Waals surface area contributed by atoms with Crippen LogP contribution in [-0.2, 0) is 0 Å². The zero-order valence-electron chi connectivity index (χ0n) is 12.5. The second-order valence-corrected chi connectivity index (χ2v) is 5.25. The molecular weight excluding hydrogens is 246 g/mol. The van der Waals surface area contributed by atoms with Gasteiger partial charge in [0.2, 0.25) is 0 Å². The van der Waals surface area contributed by atoms with Crippen LogP contribution in [0.2, 0.25) is 0 Å². The molecule has 106 valence electrons. The summed E-state index contributed by atoms with van der Waals surface area (Å²) in [4.78, 5) is 0. The number of ether oxygens (including phenoxy) is 1. The highest BCUT2D eigenvalue weighted by atomic mass is 16.5. The lowest BCUT2D eigenvalue weighted by Gasteiger charge is -2.22. The van der Waals surface area contributed by atoms with Gasteiger partial charge in [0.25, 0.3) is 0 Å². The van der Waals surface area contributed by atoms with Crippen LogP contribution >= 0.6 is 0 Å². The summed E-state index contributed by atoms with van der Waals surface area (Å²) in [6.45, 7) is 6.93. The summed E-state index contributed by atoms with van der Waals surface area (Å²) in [7, 11) is 0. The van der Waals surface area contributed by atoms with Crippen LogP contribution in [0.25, 0.3) is 0 Å². The standard InChI is InChI=1S/C18H23NO/c1-13-9-10-14(2)18(15(13)3)20-17(11-12-19)16-7-5-4-6-8-16/h4-10,17H,11-12,19H2,1-3H3. The van der Waals surface area contributed by atoms with Gasteiger partial charge in [-0.3, -0.25) is 0 Å². The Bertz CT molecular complexity index is 563. The van der Waals surface area contributed by atoms with Crippen molar-refractivity contribution in [1.29, 1.82) is 0 Å². The molecule has 0 saturated carbocycles. The predicted molar refractivity (Wildman–Crippen MR) is 84.1 cm³/mol. The fourth-order valence-corrected chi connectivity index (χ4v) is 2.36. The average Bonchev–Trinajstić information content (AvgIpc) is 2.47. The van der Waals surface area contributed by atoms with Crippen LogP contribution in [-0.4, -0.2) is 6.54 Å². The molecule has 0 aliphatic rings. The molecular formula is C18H23NO. The monoisotopic (exact) mass is 269 g/mol. The summed E-state index contributed by atoms with van der Waals surface area (Å²) < 4.78 is 6.30. The molecule has 0 radical (unpaired) electrons. The Morgan fingerprint density at radius 2 is 1.60 bits per heavy atom. The first-order valence-electron chi connectivity index (χ1n) is 7.12. The van der Waals surface area contributed by atoms with Gasteiger partial charge >= 0.3 is 0 Å². The molecule has 2 aromatic carbocycles. The Morgan fingerprint density at radius 3 is 2.25 bits per heavy atom. The smallest absolute Gasteiger partial charge is 0.126 e. The second-order valence-electron chi connectivity index (χ2n) is 5.25. The molecule has 1 unspecified atom stereocenters. The van der Waals surface area contributed by atoms with Crippen LogP contribution in [0, 0.1) is 20.8 Å². The highest BCUT2D eigenvalue weighted by Crippen LogP contribution is 2.31. The maximum atomic E-state index is 6.30. The lowest BCUT2D eigenvalue weighted by Crippen LogP contribution is -2.14. The summed E-state index contributed by atoms with van der Waals surface area (Å²) in [5, 5.41) is 0. The molecule has 2 nitrogen and oxygen atoms in total. The number of hydrogen-bond acceptors (Lipinski definition) is 2. The summed E-state index contributed by atoms with van der Waals surface area (Å²) in [6, 6.07) is 14.5. The van der Waals surface area contributed by atoms with Crippen molar-refractivity contribution in [3.8, 4) is 5.75 Å². The Balaban J connectivity index is 2.32. The Kier molecular flexibility index (Phi) is 4.80. The van der Waals surface area contributed by atoms with Crippen molar-refractivity contribution in [3.05, 3.63) is 64.7 Å². The van der Waals surface area contributed by atoms with E-state index in [-0.39, 0.29) is 6.10 Å². The average molecular weight is 269 g/mol. The first kappa shape index (κ1) is 14.6. The van der Waals surface area contributed by atoms with Crippen molar-refractivity contribution in [2.45, 2.75) is 33.3 Å². The minimum atomic E-state index is 0.0143. The van der Waals surface area contributed by atoms with E-state index in [2.05, 4.69) is 45.0 Å². The molecule has 0 amide bonds. The molecule has 0 bridgehead atoms. The highest BCUT2D eigenvalue weighted by molar-refractivity contribution is 5.45. The van der Waals surface area contributed by atoms with Crippen LogP contribution in [0.5, 0.6) is 5.75 Å². The highest BCUT2D eigenvalue weighted by Gasteiger charge is 2.15. The lowest BCUT2D eigenvalue weighted by atomic mass is 10.0. The Labute approximate surface area is 121 Å². The van der Waals surface area contributed by atoms with Gasteiger partial charge in [-0.1, -0.05) is 42.5 Å². The van der Waals surface area contributed by atoms with E-state index in [1.54, 1.807) is 0 Å². The zero-order chi connectivity index (χ0) is 14.5. The third-order valence-electron chi connectivity index (χ3n) is 3.73. The van der Waals surface area contributed by atoms with Crippen LogP contribution in [0.1, 0.15) is 34.8 Å². The topological polar surface area (TPSA) is 35.2 Å². The molecule has 1 atom stereocenters. The molecule has 0 aromatic heterocycles. The quantitative estimate of drug-likeness (QED) is 0.887. The molecule has 2 heteroatoms. The van der Waals surface area contributed by atoms with Crippen LogP contribution in [0.15, 0.2) is 42.5 Å². The van der Waals surface area contributed by atoms with Crippen molar-refractivity contribution < 1.29 is 4.74 Å². The fourth-order valence-electron chi connectivity index (χ4n) is 2.36. The van der Waals surface area contributed by atoms with E-state index in [1.807, 2.05) is 18.2 Å². The Hall–Kier alpha value is -1.80. The van der Waals surface area contributed by atoms with Gasteiger partial charge in [0.15, 0.2) is 0 Å². The molecule has 2 N–H and O–H groups in total. The van der Waals surface area contributed by atoms with E-state index >= 15 is 0 Å². The van der Waals surface area contributed by atoms with E-state index in [0.29, 0.717) is 6.54 Å². The lowest BCUT2D eigenvalue weighted by molar-refractivity contribution is 0.195. The summed E-state index contributed by atoms with van der Waals surface area (Å²) in [6.07, 6.45) is 0.831. The van der Waals surface area contributed by atoms with Crippen molar-refractivity contribution in [2.24, 2.45) is 5.73 Å². The van der Waals surface area contributed by atoms with Gasteiger partial charge in [-0.05, 0) is 49.6 Å². The van der Waals surface area contributed by atoms with Gasteiger partial charge < -0.3 is 10.5 Å². The van der Waals surface area contributed by atoms with Gasteiger partial charge in [0.05, 0.1) is 0 Å². The third kappa shape index (κ3) is 3.20. The number of aryl methyl sites for hydroxylation is 2. The van der Waals surface area contributed by atoms with Crippen LogP contribution in [0.3, 0.4) is 0 Å². The summed E-state index contributed by atoms with van der Waals surface area (Å²) in [5.41, 5.74) is 10.6. The van der Waals surface area contributed by atoms with E-state index < -0.39 is 0 Å². The SMILES string of the molecule is Cc1ccc(C)c(OC(CCN)c2ccccc2)c1C. The number of nitrogens with two attached hydrogens (primary N) is 1. The fraction of sp³-hybridized carbons (Fsp3) is 0.333. The van der Waals surface area contributed by atoms with E-state index in [0.717, 1.165) is 12.2 Å². The minimum absolute atomic E-state index is 0.0143. The first-order valence-corrected chi connectivity index (χ1v) is 7.12. The molecule has 2 rings (SSSR count). The van der Waals surface area contributed by atoms with E-state index in [1.165, 1.54) is 22.3 Å². The zero-order valence-corrected chi connectivity index (χ0v) is 12.5. The molecule has 2 aromatic rings. The van der Waals surface area contributed by atoms with Gasteiger partial charge in [0.1, 0.15) is 11.9 Å². The van der Waals surface area contributed by atoms with E-state index in [9.17, 15) is 0 Å². The van der Waals surface area contributed by atoms with Crippen LogP contribution in [0.4, 0.5) is 0 Å². The summed E-state index contributed by atoms with van der Waals surface area (Å²) in [5.74, 6) is 0.993. The predicted octanol–water partition coefficient (Wildman–Crippen LogP) is 4.08. The minimum Gasteiger partial charge on any atom is -0.485 e. The first-order chi connectivity index (χ1) is 9.63. The van der Waals surface area contributed by atoms with E-state index in [4.69, 9.17) is 10.5 Å². The maximum absolute atomic E-state index is 6.30. The second kappa shape index (κ2) is 6.58. The molecule has 0 aliphatic heterocycles. The van der Waals surface area contributed by atoms with Gasteiger partial charge in [-0.25, -0.2) is 0 Å². The van der Waals surface area contributed by atoms with Gasteiger partial charge in [0, 0.05) is 6.42 Å².